The topological polar surface area (TPSA) is 130 Å². The molecule has 25 heavy (non-hydrogen) atoms. The van der Waals surface area contributed by atoms with Crippen molar-refractivity contribution in [1.82, 2.24) is 10.2 Å². The van der Waals surface area contributed by atoms with E-state index in [1.807, 2.05) is 4.90 Å². The third kappa shape index (κ3) is 1.82. The van der Waals surface area contributed by atoms with Gasteiger partial charge in [-0.3, -0.25) is 9.59 Å². The Morgan fingerprint density at radius 3 is 2.68 bits per heavy atom. The van der Waals surface area contributed by atoms with Gasteiger partial charge in [-0.25, -0.2) is 4.79 Å². The molecule has 0 saturated carbocycles. The summed E-state index contributed by atoms with van der Waals surface area (Å²) in [6, 6.07) is 0.109. The number of fused-ring (bicyclic) bond motifs is 4. The molecule has 4 aliphatic rings. The van der Waals surface area contributed by atoms with Crippen molar-refractivity contribution in [3.05, 3.63) is 22.6 Å². The Morgan fingerprint density at radius 2 is 2.08 bits per heavy atom. The number of primary amides is 1. The van der Waals surface area contributed by atoms with Crippen LogP contribution in [0.25, 0.3) is 0 Å². The van der Waals surface area contributed by atoms with Gasteiger partial charge in [-0.1, -0.05) is 0 Å². The molecule has 0 aromatic carbocycles. The number of nitrogens with one attached hydrogen (secondary N) is 1. The van der Waals surface area contributed by atoms with Gasteiger partial charge in [0.1, 0.15) is 6.61 Å². The summed E-state index contributed by atoms with van der Waals surface area (Å²) >= 11 is 0. The van der Waals surface area contributed by atoms with Gasteiger partial charge in [-0.15, -0.1) is 0 Å². The molecule has 0 radical (unpaired) electrons. The summed E-state index contributed by atoms with van der Waals surface area (Å²) in [6.07, 6.45) is -0.946. The zero-order valence-corrected chi connectivity index (χ0v) is 14.1. The molecule has 2 saturated heterocycles. The summed E-state index contributed by atoms with van der Waals surface area (Å²) < 4.78 is 16.0. The Hall–Kier alpha value is -2.39. The Balaban J connectivity index is 1.84. The van der Waals surface area contributed by atoms with E-state index in [0.717, 1.165) is 0 Å². The van der Waals surface area contributed by atoms with Gasteiger partial charge < -0.3 is 30.2 Å². The number of hydrogen-bond acceptors (Lipinski definition) is 8. The molecule has 9 nitrogen and oxygen atoms in total. The molecule has 4 atom stereocenters. The lowest BCUT2D eigenvalue weighted by atomic mass is 9.83. The lowest BCUT2D eigenvalue weighted by Gasteiger charge is -2.39. The van der Waals surface area contributed by atoms with Crippen LogP contribution in [-0.4, -0.2) is 67.7 Å². The van der Waals surface area contributed by atoms with Crippen molar-refractivity contribution in [3.8, 4) is 0 Å². The first-order valence-corrected chi connectivity index (χ1v) is 7.98. The number of carbonyl (C=O) groups is 3. The quantitative estimate of drug-likeness (QED) is 0.490. The first-order chi connectivity index (χ1) is 11.9. The molecule has 3 aliphatic heterocycles. The second kappa shape index (κ2) is 5.06. The van der Waals surface area contributed by atoms with Gasteiger partial charge >= 0.3 is 6.09 Å². The molecule has 2 fully saturated rings. The molecule has 0 unspecified atom stereocenters. The molecule has 9 heteroatoms. The van der Waals surface area contributed by atoms with Crippen molar-refractivity contribution >= 4 is 17.7 Å². The van der Waals surface area contributed by atoms with Crippen LogP contribution in [0.15, 0.2) is 22.6 Å². The number of allylic oxidation sites excluding steroid dienone is 2. The summed E-state index contributed by atoms with van der Waals surface area (Å²) in [5, 5.41) is 3.29. The SMILES string of the molecule is COC1=C(C)C(=O)C2=C(C1=O)[C@H](COC(N)=O)[C@@]1(OC)[C@H]3N[C@H]3CN21. The molecule has 1 aliphatic carbocycles. The van der Waals surface area contributed by atoms with Gasteiger partial charge in [0.05, 0.1) is 24.8 Å². The zero-order valence-electron chi connectivity index (χ0n) is 14.1. The van der Waals surface area contributed by atoms with Crippen LogP contribution in [0.1, 0.15) is 6.92 Å². The Kier molecular flexibility index (Phi) is 3.26. The van der Waals surface area contributed by atoms with Crippen LogP contribution in [0.2, 0.25) is 0 Å². The molecule has 1 amide bonds. The summed E-state index contributed by atoms with van der Waals surface area (Å²) in [7, 11) is 2.88. The molecule has 134 valence electrons. The fourth-order valence-corrected chi connectivity index (χ4v) is 4.51. The average Bonchev–Trinajstić information content (AvgIpc) is 3.18. The number of ether oxygens (including phenoxy) is 3. The summed E-state index contributed by atoms with van der Waals surface area (Å²) in [5.41, 5.74) is 5.00. The van der Waals surface area contributed by atoms with Gasteiger partial charge in [-0.05, 0) is 6.92 Å². The highest BCUT2D eigenvalue weighted by molar-refractivity contribution is 6.25. The van der Waals surface area contributed by atoms with Gasteiger partial charge in [0, 0.05) is 30.8 Å². The lowest BCUT2D eigenvalue weighted by Crippen LogP contribution is -2.55. The number of rotatable bonds is 4. The fourth-order valence-electron chi connectivity index (χ4n) is 4.51. The van der Waals surface area contributed by atoms with E-state index in [9.17, 15) is 14.4 Å². The molecule has 3 N–H and O–H groups in total. The number of Topliss-reactive ketones (excluding diaryl/α,β-unsaturated/α-hetero) is 2. The molecule has 0 bridgehead atoms. The maximum absolute atomic E-state index is 13.0. The molecule has 4 rings (SSSR count). The lowest BCUT2D eigenvalue weighted by molar-refractivity contribution is -0.137. The minimum absolute atomic E-state index is 0.0144. The molecular formula is C16H19N3O6. The van der Waals surface area contributed by atoms with E-state index < -0.39 is 17.7 Å². The summed E-state index contributed by atoms with van der Waals surface area (Å²) in [4.78, 5) is 38.9. The Morgan fingerprint density at radius 1 is 1.36 bits per heavy atom. The number of methoxy groups -OCH3 is 2. The second-order valence-electron chi connectivity index (χ2n) is 6.58. The van der Waals surface area contributed by atoms with Crippen molar-refractivity contribution in [2.75, 3.05) is 27.4 Å². The standard InChI is InChI=1S/C16H19N3O6/c1-6-11(20)10-9(12(21)13(6)23-2)7(5-25-15(17)22)16(24-3)14-8(18-14)4-19(10)16/h7-8,14,18H,4-5H2,1-3H3,(H2,17,22)/t7-,8-,14-,16+/m0/s1. The van der Waals surface area contributed by atoms with Crippen LogP contribution in [0.3, 0.4) is 0 Å². The van der Waals surface area contributed by atoms with E-state index in [4.69, 9.17) is 19.9 Å². The van der Waals surface area contributed by atoms with Crippen LogP contribution in [-0.2, 0) is 23.8 Å². The minimum Gasteiger partial charge on any atom is -0.492 e. The second-order valence-corrected chi connectivity index (χ2v) is 6.58. The van der Waals surface area contributed by atoms with Crippen LogP contribution in [0.4, 0.5) is 4.79 Å². The van der Waals surface area contributed by atoms with E-state index in [1.165, 1.54) is 14.2 Å². The predicted octanol–water partition coefficient (Wildman–Crippen LogP) is -0.963. The van der Waals surface area contributed by atoms with Crippen LogP contribution < -0.4 is 11.1 Å². The van der Waals surface area contributed by atoms with Crippen LogP contribution >= 0.6 is 0 Å². The number of hydrogen-bond donors (Lipinski definition) is 2. The van der Waals surface area contributed by atoms with Crippen molar-refractivity contribution in [3.63, 3.8) is 0 Å². The van der Waals surface area contributed by atoms with Crippen molar-refractivity contribution in [2.45, 2.75) is 24.7 Å². The normalized spacial score (nSPS) is 35.6. The van der Waals surface area contributed by atoms with Gasteiger partial charge in [0.15, 0.2) is 11.5 Å². The van der Waals surface area contributed by atoms with Gasteiger partial charge in [0.2, 0.25) is 11.6 Å². The highest BCUT2D eigenvalue weighted by Crippen LogP contribution is 2.55. The maximum Gasteiger partial charge on any atom is 0.404 e. The average molecular weight is 349 g/mol. The van der Waals surface area contributed by atoms with Gasteiger partial charge in [-0.2, -0.15) is 0 Å². The highest BCUT2D eigenvalue weighted by Gasteiger charge is 2.72. The smallest absolute Gasteiger partial charge is 0.404 e. The fraction of sp³-hybridized carbons (Fsp3) is 0.562. The number of carbonyl (C=O) groups excluding carboxylic acids is 3. The van der Waals surface area contributed by atoms with E-state index in [2.05, 4.69) is 5.32 Å². The van der Waals surface area contributed by atoms with Crippen molar-refractivity contribution < 1.29 is 28.6 Å². The number of piperazine rings is 1. The first kappa shape index (κ1) is 16.1. The van der Waals surface area contributed by atoms with E-state index in [1.54, 1.807) is 6.92 Å². The van der Waals surface area contributed by atoms with E-state index in [0.29, 0.717) is 12.2 Å². The third-order valence-electron chi connectivity index (χ3n) is 5.58. The molecule has 0 aromatic rings. The molecular weight excluding hydrogens is 330 g/mol. The molecule has 0 spiro atoms. The number of amides is 1. The Labute approximate surface area is 143 Å². The Bertz CT molecular complexity index is 772. The monoisotopic (exact) mass is 349 g/mol. The zero-order chi connectivity index (χ0) is 18.1. The van der Waals surface area contributed by atoms with Crippen molar-refractivity contribution in [1.29, 1.82) is 0 Å². The highest BCUT2D eigenvalue weighted by atomic mass is 16.6. The maximum atomic E-state index is 13.0. The van der Waals surface area contributed by atoms with E-state index in [-0.39, 0.29) is 47.2 Å². The third-order valence-corrected chi connectivity index (χ3v) is 5.58. The summed E-state index contributed by atoms with van der Waals surface area (Å²) in [5.74, 6) is -1.27. The number of ketones is 2. The van der Waals surface area contributed by atoms with Crippen LogP contribution in [0.5, 0.6) is 0 Å². The van der Waals surface area contributed by atoms with Gasteiger partial charge in [0.25, 0.3) is 0 Å². The molecule has 3 heterocycles. The largest absolute Gasteiger partial charge is 0.492 e. The van der Waals surface area contributed by atoms with Crippen LogP contribution in [0, 0.1) is 5.92 Å². The number of nitrogens with zero attached hydrogens (tertiary/aromatic N) is 1. The molecule has 0 aromatic heterocycles. The number of nitrogens with two attached hydrogens (primary N) is 1. The van der Waals surface area contributed by atoms with Crippen molar-refractivity contribution in [2.24, 2.45) is 11.7 Å². The first-order valence-electron chi connectivity index (χ1n) is 7.98. The van der Waals surface area contributed by atoms with E-state index >= 15 is 0 Å². The summed E-state index contributed by atoms with van der Waals surface area (Å²) in [6.45, 7) is 1.96. The predicted molar refractivity (Wildman–Crippen MR) is 82.9 cm³/mol. The minimum atomic E-state index is -0.959.